The van der Waals surface area contributed by atoms with E-state index in [0.29, 0.717) is 145 Å². The topological polar surface area (TPSA) is 258 Å². The van der Waals surface area contributed by atoms with Crippen LogP contribution in [0.5, 0.6) is 17.2 Å². The number of likely N-dealkylation sites (N-methyl/N-ethyl adjacent to an activating group) is 1. The number of aromatic hydroxyl groups is 3. The predicted octanol–water partition coefficient (Wildman–Crippen LogP) is 20.7. The van der Waals surface area contributed by atoms with Gasteiger partial charge in [0.2, 0.25) is 17.7 Å². The van der Waals surface area contributed by atoms with Gasteiger partial charge in [0.15, 0.2) is 17.5 Å². The van der Waals surface area contributed by atoms with Crippen molar-refractivity contribution in [1.29, 1.82) is 0 Å². The maximum absolute atomic E-state index is 17.6. The summed E-state index contributed by atoms with van der Waals surface area (Å²) in [4.78, 5) is 114. The van der Waals surface area contributed by atoms with Crippen LogP contribution in [0.4, 0.5) is 60.5 Å². The molecule has 3 fully saturated rings. The Hall–Kier alpha value is -12.5. The number of phenolic OH excluding ortho intramolecular Hbond substituents is 3. The number of nitrogens with zero attached hydrogens (tertiary/aromatic N) is 15. The molecule has 3 saturated heterocycles. The van der Waals surface area contributed by atoms with Crippen LogP contribution in [-0.2, 0) is 14.4 Å². The standard InChI is InChI=1S/C38H42Cl2F2N6O3.C34H33Cl2F2N5O3.C33H31Cl2F2N5O3/c1-8-29(50)46-19-23-18-45(13-9-12-44(6)7)37-36(47(23)17-22(46)5)26-16-28(41)30(25-14-24(49)15-27(39)31(25)40)32(42)35(26)48(38(37)51)34-21(4)10-11-43-33(34)20(2)3;1-7-25(45)41-15-19-14-40(6)33-32(42(19)13-18(41)5)22-12-24(37)26(21-10-20(44)11-23(35)27(21)36)28(38)31(22)43(34(33)46)30-17(4)8-9-39-29(30)16(2)3;1-6-24(44)40-14-18-12-39-29-32(41(18)13-17(40)5)21-11-23(36)25(20-9-19(43)10-22(34)26(20)35)27(37)31(21)42(33(29)45)30-16(4)7-8-38-28(30)15(2)3/h8,10-11,14-16,20,22-23,49H,1,9,12-13,17-19H2,2-7H3;7-12,16,18-19,44H,1,13-15H2,2-6H3;6-11,15,17-18,39,43H,1,12-14H2,2-5H3. The molecule has 0 saturated carbocycles. The van der Waals surface area contributed by atoms with Gasteiger partial charge in [0.1, 0.15) is 51.8 Å². The fraction of sp³-hybridized carbons (Fsp3) is 0.343. The molecule has 12 aromatic rings. The van der Waals surface area contributed by atoms with Crippen LogP contribution < -0.4 is 46.5 Å². The number of aryl methyl sites for hydroxylation is 3. The van der Waals surface area contributed by atoms with Crippen molar-refractivity contribution >= 4 is 154 Å². The van der Waals surface area contributed by atoms with Crippen molar-refractivity contribution in [2.45, 2.75) is 144 Å². The number of hydrogen-bond donors (Lipinski definition) is 4. The first-order valence-electron chi connectivity index (χ1n) is 46.5. The summed E-state index contributed by atoms with van der Waals surface area (Å²) in [5.41, 5.74) is 2.73. The van der Waals surface area contributed by atoms with Crippen LogP contribution in [0.1, 0.15) is 120 Å². The molecular weight excluding hydrogens is 1960 g/mol. The van der Waals surface area contributed by atoms with Crippen molar-refractivity contribution in [3.63, 3.8) is 0 Å². The van der Waals surface area contributed by atoms with Crippen molar-refractivity contribution in [1.82, 2.24) is 48.3 Å². The number of benzene rings is 6. The van der Waals surface area contributed by atoms with E-state index in [9.17, 15) is 39.3 Å². The van der Waals surface area contributed by atoms with Gasteiger partial charge >= 0.3 is 0 Å². The van der Waals surface area contributed by atoms with Gasteiger partial charge < -0.3 is 64.7 Å². The second-order valence-electron chi connectivity index (χ2n) is 38.2. The number of anilines is 6. The molecule has 6 atom stereocenters. The predicted molar refractivity (Wildman–Crippen MR) is 554 cm³/mol. The smallest absolute Gasteiger partial charge is 0.281 e. The summed E-state index contributed by atoms with van der Waals surface area (Å²) in [7, 11) is 5.71. The minimum absolute atomic E-state index is 0.0873. The van der Waals surface area contributed by atoms with Crippen LogP contribution >= 0.6 is 69.6 Å². The van der Waals surface area contributed by atoms with Crippen LogP contribution in [0.3, 0.4) is 0 Å². The number of amides is 3. The molecule has 6 aliphatic rings. The Morgan fingerprint density at radius 3 is 1.13 bits per heavy atom. The van der Waals surface area contributed by atoms with E-state index in [0.717, 1.165) is 24.7 Å². The summed E-state index contributed by atoms with van der Waals surface area (Å²) < 4.78 is 105. The Morgan fingerprint density at radius 2 is 0.775 bits per heavy atom. The Bertz CT molecular complexity index is 7490. The van der Waals surface area contributed by atoms with Gasteiger partial charge in [0.25, 0.3) is 16.7 Å². The van der Waals surface area contributed by atoms with Crippen molar-refractivity contribution in [2.75, 3.05) is 123 Å². The molecule has 142 heavy (non-hydrogen) atoms. The van der Waals surface area contributed by atoms with Crippen LogP contribution in [0.25, 0.3) is 83.2 Å². The number of hydrogen-bond acceptors (Lipinski definition) is 19. The number of rotatable bonds is 16. The third kappa shape index (κ3) is 17.8. The molecule has 0 bridgehead atoms. The van der Waals surface area contributed by atoms with E-state index < -0.39 is 68.3 Å². The SMILES string of the molecule is C=CC(=O)N1CC2CN(C)c3c(c4cc(F)c(-c5cc(O)cc(Cl)c5Cl)c(F)c4n(-c4c(C)ccnc4C(C)C)c3=O)N2CC1C.C=CC(=O)N1CC2CN(CCCN(C)C)c3c(c4cc(F)c(-c5cc(O)cc(Cl)c5Cl)c(F)c4n(-c4c(C)ccnc4C(C)C)c3=O)N2CC1C.C=CC(=O)N1CC2CNc3c(c4cc(F)c(-c5cc(O)cc(Cl)c5Cl)c(F)c4n(-c4c(C)ccnc4C(C)C)c3=O)N2CC1C. The van der Waals surface area contributed by atoms with E-state index in [1.807, 2.05) is 110 Å². The van der Waals surface area contributed by atoms with Gasteiger partial charge in [-0.25, -0.2) is 26.3 Å². The lowest BCUT2D eigenvalue weighted by Crippen LogP contribution is -2.64. The molecular formula is C105H106Cl6F6N16O9. The molecule has 37 heteroatoms. The first-order chi connectivity index (χ1) is 67.3. The normalized spacial score (nSPS) is 17.6. The fourth-order valence-electron chi connectivity index (χ4n) is 21.0. The number of carbonyl (C=O) groups is 3. The van der Waals surface area contributed by atoms with Crippen LogP contribution in [0, 0.1) is 55.7 Å². The van der Waals surface area contributed by atoms with E-state index >= 15 is 31.1 Å². The Labute approximate surface area is 846 Å². The highest BCUT2D eigenvalue weighted by atomic mass is 35.5. The molecule has 744 valence electrons. The number of aromatic nitrogens is 6. The average molecular weight is 2060 g/mol. The Morgan fingerprint density at radius 1 is 0.451 bits per heavy atom. The number of nitrogens with one attached hydrogen (secondary N) is 1. The fourth-order valence-corrected chi connectivity index (χ4v) is 22.2. The second kappa shape index (κ2) is 40.0. The molecule has 6 aromatic heterocycles. The number of phenols is 3. The molecule has 3 amide bonds. The molecule has 0 spiro atoms. The molecule has 4 N–H and O–H groups in total. The maximum Gasteiger partial charge on any atom is 0.281 e. The number of carbonyl (C=O) groups excluding carboxylic acids is 3. The van der Waals surface area contributed by atoms with Gasteiger partial charge in [-0.05, 0) is 176 Å². The third-order valence-electron chi connectivity index (χ3n) is 27.5. The summed E-state index contributed by atoms with van der Waals surface area (Å²) >= 11 is 38.1. The number of pyridine rings is 6. The summed E-state index contributed by atoms with van der Waals surface area (Å²) in [6, 6.07) is 14.2. The number of halogens is 12. The van der Waals surface area contributed by atoms with Gasteiger partial charge in [-0.15, -0.1) is 0 Å². The van der Waals surface area contributed by atoms with E-state index in [2.05, 4.69) is 44.9 Å². The molecule has 0 radical (unpaired) electrons. The number of fused-ring (bicyclic) bond motifs is 15. The molecule has 6 unspecified atom stereocenters. The van der Waals surface area contributed by atoms with Crippen molar-refractivity contribution < 1.29 is 56.0 Å². The lowest BCUT2D eigenvalue weighted by Gasteiger charge is -2.52. The van der Waals surface area contributed by atoms with Crippen molar-refractivity contribution in [3.8, 4) is 67.7 Å². The van der Waals surface area contributed by atoms with E-state index in [1.54, 1.807) is 70.4 Å². The zero-order valence-electron chi connectivity index (χ0n) is 80.7. The quantitative estimate of drug-likeness (QED) is 0.0518. The molecule has 6 aliphatic heterocycles. The summed E-state index contributed by atoms with van der Waals surface area (Å²) in [6.45, 7) is 37.9. The molecule has 25 nitrogen and oxygen atoms in total. The van der Waals surface area contributed by atoms with Crippen LogP contribution in [0.15, 0.2) is 144 Å². The summed E-state index contributed by atoms with van der Waals surface area (Å²) in [5, 5.41) is 34.0. The maximum atomic E-state index is 17.6. The first kappa shape index (κ1) is 102. The summed E-state index contributed by atoms with van der Waals surface area (Å²) in [6.07, 6.45) is 9.46. The largest absolute Gasteiger partial charge is 0.508 e. The van der Waals surface area contributed by atoms with Crippen molar-refractivity contribution in [3.05, 3.63) is 259 Å². The minimum Gasteiger partial charge on any atom is -0.508 e. The van der Waals surface area contributed by atoms with E-state index in [4.69, 9.17) is 69.6 Å². The molecule has 0 aliphatic carbocycles. The zero-order chi connectivity index (χ0) is 103. The van der Waals surface area contributed by atoms with Gasteiger partial charge in [0, 0.05) is 160 Å². The molecule has 6 aromatic carbocycles. The molecule has 12 heterocycles. The lowest BCUT2D eigenvalue weighted by atomic mass is 9.95. The number of piperazine rings is 3. The van der Waals surface area contributed by atoms with Crippen LogP contribution in [0.2, 0.25) is 30.1 Å². The Balaban J connectivity index is 0.000000153. The highest BCUT2D eigenvalue weighted by Gasteiger charge is 2.47. The first-order valence-corrected chi connectivity index (χ1v) is 48.7. The van der Waals surface area contributed by atoms with E-state index in [1.165, 1.54) is 68.3 Å². The zero-order valence-corrected chi connectivity index (χ0v) is 85.3. The van der Waals surface area contributed by atoms with Gasteiger partial charge in [-0.2, -0.15) is 0 Å². The van der Waals surface area contributed by atoms with E-state index in [-0.39, 0.29) is 180 Å². The van der Waals surface area contributed by atoms with Gasteiger partial charge in [-0.3, -0.25) is 57.4 Å². The highest BCUT2D eigenvalue weighted by molar-refractivity contribution is 6.45. The summed E-state index contributed by atoms with van der Waals surface area (Å²) in [5.74, 6) is -8.07. The monoisotopic (exact) mass is 2060 g/mol. The average Bonchev–Trinajstić information content (AvgIpc) is 0.708. The Kier molecular flexibility index (Phi) is 28.9. The molecule has 18 rings (SSSR count). The minimum atomic E-state index is -1.05. The highest BCUT2D eigenvalue weighted by Crippen LogP contribution is 2.53. The third-order valence-corrected chi connectivity index (χ3v) is 29.9. The van der Waals surface area contributed by atoms with Gasteiger partial charge in [-0.1, -0.05) is 131 Å². The van der Waals surface area contributed by atoms with Gasteiger partial charge in [0.05, 0.1) is 133 Å². The van der Waals surface area contributed by atoms with Crippen molar-refractivity contribution in [2.24, 2.45) is 0 Å². The second-order valence-corrected chi connectivity index (χ2v) is 40.6. The van der Waals surface area contributed by atoms with Crippen LogP contribution in [-0.4, -0.2) is 211 Å². The lowest BCUT2D eigenvalue weighted by molar-refractivity contribution is -0.129.